The fourth-order valence-electron chi connectivity index (χ4n) is 3.01. The highest BCUT2D eigenvalue weighted by atomic mass is 127. The number of hydrogen-bond donors (Lipinski definition) is 1. The summed E-state index contributed by atoms with van der Waals surface area (Å²) in [6.45, 7) is 3.99. The topological polar surface area (TPSA) is 68.2 Å². The van der Waals surface area contributed by atoms with Crippen LogP contribution in [0.2, 0.25) is 0 Å². The van der Waals surface area contributed by atoms with Crippen LogP contribution in [0.15, 0.2) is 29.3 Å². The second kappa shape index (κ2) is 11.2. The summed E-state index contributed by atoms with van der Waals surface area (Å²) < 4.78 is 0. The van der Waals surface area contributed by atoms with Crippen molar-refractivity contribution in [3.05, 3.63) is 35.4 Å². The molecule has 1 unspecified atom stereocenters. The summed E-state index contributed by atoms with van der Waals surface area (Å²) in [6.07, 6.45) is 1.02. The number of hydrogen-bond acceptors (Lipinski definition) is 3. The first-order valence-electron chi connectivity index (χ1n) is 9.28. The molecule has 2 amide bonds. The third-order valence-electron chi connectivity index (χ3n) is 4.76. The van der Waals surface area contributed by atoms with Crippen molar-refractivity contribution in [3.8, 4) is 0 Å². The Labute approximate surface area is 185 Å². The fraction of sp³-hybridized carbons (Fsp3) is 0.550. The second-order valence-corrected chi connectivity index (χ2v) is 7.42. The molecule has 156 valence electrons. The minimum atomic E-state index is -0.0670. The van der Waals surface area contributed by atoms with Crippen molar-refractivity contribution in [3.63, 3.8) is 0 Å². The first kappa shape index (κ1) is 24.2. The maximum absolute atomic E-state index is 11.9. The number of aliphatic imine (C=N–C) groups is 1. The van der Waals surface area contributed by atoms with Gasteiger partial charge in [-0.3, -0.25) is 9.59 Å². The lowest BCUT2D eigenvalue weighted by molar-refractivity contribution is -0.127. The second-order valence-electron chi connectivity index (χ2n) is 7.42. The van der Waals surface area contributed by atoms with Crippen molar-refractivity contribution in [1.82, 2.24) is 20.0 Å². The largest absolute Gasteiger partial charge is 0.347 e. The Morgan fingerprint density at radius 2 is 1.86 bits per heavy atom. The van der Waals surface area contributed by atoms with Crippen molar-refractivity contribution < 1.29 is 9.59 Å². The molecule has 0 saturated carbocycles. The van der Waals surface area contributed by atoms with Gasteiger partial charge in [0.05, 0.1) is 6.54 Å². The molecule has 1 aromatic rings. The lowest BCUT2D eigenvalue weighted by Gasteiger charge is -2.23. The normalized spacial score (nSPS) is 16.4. The highest BCUT2D eigenvalue weighted by Crippen LogP contribution is 2.27. The molecule has 7 nitrogen and oxygen atoms in total. The number of nitrogens with zero attached hydrogens (tertiary/aromatic N) is 4. The minimum absolute atomic E-state index is 0. The Kier molecular flexibility index (Phi) is 9.71. The Balaban J connectivity index is 0.00000392. The van der Waals surface area contributed by atoms with E-state index in [9.17, 15) is 9.59 Å². The molecule has 1 atom stereocenters. The Morgan fingerprint density at radius 3 is 2.46 bits per heavy atom. The zero-order valence-electron chi connectivity index (χ0n) is 17.4. The smallest absolute Gasteiger partial charge is 0.243 e. The summed E-state index contributed by atoms with van der Waals surface area (Å²) >= 11 is 0. The molecule has 1 saturated heterocycles. The SMILES string of the molecule is Cc1cccc(C2CCN(C(=NCC(=O)N(C)C)NCC(=O)N(C)C)C2)c1.I. The van der Waals surface area contributed by atoms with Crippen LogP contribution in [0.3, 0.4) is 0 Å². The Bertz CT molecular complexity index is 706. The first-order valence-corrected chi connectivity index (χ1v) is 9.28. The van der Waals surface area contributed by atoms with Crippen molar-refractivity contribution >= 4 is 41.8 Å². The molecule has 0 aromatic heterocycles. The van der Waals surface area contributed by atoms with E-state index in [4.69, 9.17) is 0 Å². The zero-order valence-corrected chi connectivity index (χ0v) is 19.8. The van der Waals surface area contributed by atoms with E-state index in [1.165, 1.54) is 20.9 Å². The van der Waals surface area contributed by atoms with Crippen LogP contribution in [-0.4, -0.2) is 86.8 Å². The van der Waals surface area contributed by atoms with Gasteiger partial charge in [0.15, 0.2) is 5.96 Å². The van der Waals surface area contributed by atoms with Crippen molar-refractivity contribution in [1.29, 1.82) is 0 Å². The monoisotopic (exact) mass is 501 g/mol. The van der Waals surface area contributed by atoms with Gasteiger partial charge in [-0.05, 0) is 18.9 Å². The van der Waals surface area contributed by atoms with Crippen molar-refractivity contribution in [2.24, 2.45) is 4.99 Å². The molecule has 1 fully saturated rings. The predicted octanol–water partition coefficient (Wildman–Crippen LogP) is 1.52. The number of carbonyl (C=O) groups is 2. The molecule has 0 radical (unpaired) electrons. The highest BCUT2D eigenvalue weighted by Gasteiger charge is 2.26. The van der Waals surface area contributed by atoms with Gasteiger partial charge >= 0.3 is 0 Å². The van der Waals surface area contributed by atoms with Gasteiger partial charge in [-0.25, -0.2) is 4.99 Å². The number of guanidine groups is 1. The molecule has 0 aliphatic carbocycles. The number of amides is 2. The molecule has 0 spiro atoms. The van der Waals surface area contributed by atoms with E-state index in [-0.39, 0.29) is 48.9 Å². The van der Waals surface area contributed by atoms with E-state index in [0.717, 1.165) is 19.5 Å². The molecule has 1 aliphatic heterocycles. The number of likely N-dealkylation sites (tertiary alicyclic amines) is 1. The maximum Gasteiger partial charge on any atom is 0.243 e. The van der Waals surface area contributed by atoms with E-state index >= 15 is 0 Å². The molecule has 2 rings (SSSR count). The minimum Gasteiger partial charge on any atom is -0.347 e. The van der Waals surface area contributed by atoms with Gasteiger partial charge in [0.2, 0.25) is 11.8 Å². The maximum atomic E-state index is 11.9. The lowest BCUT2D eigenvalue weighted by Crippen LogP contribution is -2.45. The van der Waals surface area contributed by atoms with E-state index in [0.29, 0.717) is 11.9 Å². The van der Waals surface area contributed by atoms with Crippen LogP contribution in [0.1, 0.15) is 23.5 Å². The molecule has 1 heterocycles. The van der Waals surface area contributed by atoms with Gasteiger partial charge in [-0.2, -0.15) is 0 Å². The molecule has 0 bridgehead atoms. The summed E-state index contributed by atoms with van der Waals surface area (Å²) in [5, 5.41) is 3.13. The summed E-state index contributed by atoms with van der Waals surface area (Å²) in [6, 6.07) is 8.58. The molecule has 1 aromatic carbocycles. The fourth-order valence-corrected chi connectivity index (χ4v) is 3.01. The van der Waals surface area contributed by atoms with E-state index in [1.807, 2.05) is 0 Å². The average Bonchev–Trinajstić information content (AvgIpc) is 3.11. The number of benzene rings is 1. The van der Waals surface area contributed by atoms with Gasteiger partial charge in [-0.15, -0.1) is 24.0 Å². The summed E-state index contributed by atoms with van der Waals surface area (Å²) in [7, 11) is 6.87. The molecule has 1 aliphatic rings. The quantitative estimate of drug-likeness (QED) is 0.378. The van der Waals surface area contributed by atoms with Crippen LogP contribution in [-0.2, 0) is 9.59 Å². The van der Waals surface area contributed by atoms with Gasteiger partial charge in [-0.1, -0.05) is 29.8 Å². The van der Waals surface area contributed by atoms with Crippen LogP contribution in [0.5, 0.6) is 0 Å². The third-order valence-corrected chi connectivity index (χ3v) is 4.76. The third kappa shape index (κ3) is 6.96. The van der Waals surface area contributed by atoms with Gasteiger partial charge in [0, 0.05) is 47.2 Å². The van der Waals surface area contributed by atoms with Crippen LogP contribution < -0.4 is 5.32 Å². The number of aryl methyl sites for hydroxylation is 1. The van der Waals surface area contributed by atoms with Crippen molar-refractivity contribution in [2.75, 3.05) is 54.4 Å². The van der Waals surface area contributed by atoms with E-state index < -0.39 is 0 Å². The molecular formula is C20H32IN5O2. The number of likely N-dealkylation sites (N-methyl/N-ethyl adjacent to an activating group) is 2. The summed E-state index contributed by atoms with van der Waals surface area (Å²) in [5.41, 5.74) is 2.58. The zero-order chi connectivity index (χ0) is 20.0. The number of halogens is 1. The van der Waals surface area contributed by atoms with Crippen LogP contribution >= 0.6 is 24.0 Å². The van der Waals surface area contributed by atoms with Crippen molar-refractivity contribution in [2.45, 2.75) is 19.3 Å². The molecule has 28 heavy (non-hydrogen) atoms. The number of rotatable bonds is 5. The molecular weight excluding hydrogens is 469 g/mol. The van der Waals surface area contributed by atoms with Gasteiger partial charge in [0.25, 0.3) is 0 Å². The molecule has 8 heteroatoms. The van der Waals surface area contributed by atoms with Gasteiger partial charge < -0.3 is 20.0 Å². The van der Waals surface area contributed by atoms with Gasteiger partial charge in [0.1, 0.15) is 6.54 Å². The van der Waals surface area contributed by atoms with E-state index in [1.54, 1.807) is 28.2 Å². The average molecular weight is 501 g/mol. The number of carbonyl (C=O) groups excluding carboxylic acids is 2. The summed E-state index contributed by atoms with van der Waals surface area (Å²) in [5.74, 6) is 0.945. The lowest BCUT2D eigenvalue weighted by atomic mass is 9.97. The van der Waals surface area contributed by atoms with Crippen LogP contribution in [0.4, 0.5) is 0 Å². The van der Waals surface area contributed by atoms with E-state index in [2.05, 4.69) is 46.4 Å². The van der Waals surface area contributed by atoms with Crippen LogP contribution in [0.25, 0.3) is 0 Å². The highest BCUT2D eigenvalue weighted by molar-refractivity contribution is 14.0. The number of nitrogens with one attached hydrogen (secondary N) is 1. The standard InChI is InChI=1S/C20H31N5O2.HI/c1-15-7-6-8-16(11-15)17-9-10-25(14-17)20(21-12-18(26)23(2)3)22-13-19(27)24(4)5;/h6-8,11,17H,9-10,12-14H2,1-5H3,(H,21,22);1H. The van der Waals surface area contributed by atoms with Crippen LogP contribution in [0, 0.1) is 6.92 Å². The predicted molar refractivity (Wildman–Crippen MR) is 123 cm³/mol. The Hall–Kier alpha value is -1.84. The first-order chi connectivity index (χ1) is 12.8. The summed E-state index contributed by atoms with van der Waals surface area (Å²) in [4.78, 5) is 33.5. The Morgan fingerprint density at radius 1 is 1.18 bits per heavy atom. The molecule has 1 N–H and O–H groups in total.